The van der Waals surface area contributed by atoms with E-state index >= 15 is 0 Å². The maximum atomic E-state index is 13.9. The number of aromatic nitrogens is 4. The normalized spacial score (nSPS) is 11.0. The number of amides is 1. The lowest BCUT2D eigenvalue weighted by molar-refractivity contribution is 0.0952. The number of hydrogen-bond donors (Lipinski definition) is 1. The van der Waals surface area contributed by atoms with Crippen molar-refractivity contribution in [1.29, 1.82) is 0 Å². The van der Waals surface area contributed by atoms with Gasteiger partial charge >= 0.3 is 0 Å². The molecule has 0 saturated carbocycles. The lowest BCUT2D eigenvalue weighted by Crippen LogP contribution is -2.28. The predicted octanol–water partition coefficient (Wildman–Crippen LogP) is 2.52. The van der Waals surface area contributed by atoms with Gasteiger partial charge in [-0.25, -0.2) is 14.1 Å². The molecule has 0 saturated heterocycles. The van der Waals surface area contributed by atoms with Crippen molar-refractivity contribution in [3.05, 3.63) is 93.9 Å². The van der Waals surface area contributed by atoms with E-state index in [1.807, 2.05) is 25.1 Å². The van der Waals surface area contributed by atoms with Crippen LogP contribution in [-0.2, 0) is 13.1 Å². The average Bonchev–Trinajstić information content (AvgIpc) is 3.15. The molecule has 0 unspecified atom stereocenters. The van der Waals surface area contributed by atoms with Crippen LogP contribution in [0, 0.1) is 12.7 Å². The van der Waals surface area contributed by atoms with Crippen LogP contribution in [0.1, 0.15) is 21.5 Å². The van der Waals surface area contributed by atoms with Crippen LogP contribution in [0.5, 0.6) is 0 Å². The van der Waals surface area contributed by atoms with Gasteiger partial charge in [-0.05, 0) is 25.1 Å². The van der Waals surface area contributed by atoms with Crippen molar-refractivity contribution < 1.29 is 9.18 Å². The molecule has 2 aromatic carbocycles. The van der Waals surface area contributed by atoms with Crippen LogP contribution >= 0.6 is 0 Å². The number of nitrogens with one attached hydrogen (secondary N) is 1. The molecule has 7 nitrogen and oxygen atoms in total. The Balaban J connectivity index is 1.47. The van der Waals surface area contributed by atoms with E-state index < -0.39 is 0 Å². The third kappa shape index (κ3) is 3.98. The van der Waals surface area contributed by atoms with Gasteiger partial charge < -0.3 is 5.32 Å². The molecule has 0 aliphatic heterocycles. The Morgan fingerprint density at radius 1 is 1.17 bits per heavy atom. The van der Waals surface area contributed by atoms with E-state index in [-0.39, 0.29) is 23.8 Å². The van der Waals surface area contributed by atoms with Crippen molar-refractivity contribution in [1.82, 2.24) is 24.6 Å². The number of carbonyl (C=O) groups excluding carboxylic acids is 1. The van der Waals surface area contributed by atoms with Gasteiger partial charge in [0.05, 0.1) is 19.3 Å². The van der Waals surface area contributed by atoms with E-state index in [2.05, 4.69) is 15.4 Å². The Labute approximate surface area is 171 Å². The predicted molar refractivity (Wildman–Crippen MR) is 111 cm³/mol. The highest BCUT2D eigenvalue weighted by molar-refractivity contribution is 5.94. The molecule has 0 radical (unpaired) electrons. The van der Waals surface area contributed by atoms with Gasteiger partial charge in [0.1, 0.15) is 17.5 Å². The Morgan fingerprint density at radius 2 is 2.00 bits per heavy atom. The molecule has 0 aliphatic rings. The number of benzene rings is 2. The molecule has 1 amide bonds. The Kier molecular flexibility index (Phi) is 5.38. The number of fused-ring (bicyclic) bond motifs is 1. The van der Waals surface area contributed by atoms with E-state index in [1.54, 1.807) is 28.9 Å². The Morgan fingerprint density at radius 3 is 2.80 bits per heavy atom. The molecule has 0 spiro atoms. The van der Waals surface area contributed by atoms with E-state index in [0.29, 0.717) is 35.2 Å². The van der Waals surface area contributed by atoms with Crippen LogP contribution < -0.4 is 10.9 Å². The van der Waals surface area contributed by atoms with E-state index in [1.165, 1.54) is 23.2 Å². The van der Waals surface area contributed by atoms with Gasteiger partial charge in [0, 0.05) is 17.7 Å². The summed E-state index contributed by atoms with van der Waals surface area (Å²) in [6.45, 7) is 2.72. The number of carbonyl (C=O) groups is 1. The quantitative estimate of drug-likeness (QED) is 0.534. The van der Waals surface area contributed by atoms with Gasteiger partial charge in [-0.2, -0.15) is 5.10 Å². The van der Waals surface area contributed by atoms with Gasteiger partial charge in [-0.15, -0.1) is 0 Å². The molecular weight excluding hydrogens is 385 g/mol. The molecule has 0 aliphatic carbocycles. The molecule has 2 aromatic heterocycles. The van der Waals surface area contributed by atoms with Crippen molar-refractivity contribution in [3.63, 3.8) is 0 Å². The first-order valence-corrected chi connectivity index (χ1v) is 9.52. The van der Waals surface area contributed by atoms with Crippen LogP contribution in [0.4, 0.5) is 4.39 Å². The summed E-state index contributed by atoms with van der Waals surface area (Å²) in [5, 5.41) is 7.41. The molecule has 0 atom stereocenters. The summed E-state index contributed by atoms with van der Waals surface area (Å²) >= 11 is 0. The van der Waals surface area contributed by atoms with Gasteiger partial charge in [0.2, 0.25) is 0 Å². The fourth-order valence-electron chi connectivity index (χ4n) is 3.25. The minimum atomic E-state index is -0.371. The minimum absolute atomic E-state index is 0.0895. The van der Waals surface area contributed by atoms with Crippen molar-refractivity contribution in [2.75, 3.05) is 6.54 Å². The summed E-state index contributed by atoms with van der Waals surface area (Å²) in [6.07, 6.45) is 2.84. The highest BCUT2D eigenvalue weighted by Crippen LogP contribution is 2.10. The number of nitrogens with zero attached hydrogens (tertiary/aromatic N) is 4. The highest BCUT2D eigenvalue weighted by atomic mass is 19.1. The van der Waals surface area contributed by atoms with E-state index in [4.69, 9.17) is 0 Å². The zero-order valence-corrected chi connectivity index (χ0v) is 16.4. The molecular formula is C22H20FN5O2. The fourth-order valence-corrected chi connectivity index (χ4v) is 3.25. The molecule has 0 bridgehead atoms. The smallest absolute Gasteiger partial charge is 0.264 e. The summed E-state index contributed by atoms with van der Waals surface area (Å²) in [7, 11) is 0. The first kappa shape index (κ1) is 19.5. The van der Waals surface area contributed by atoms with E-state index in [9.17, 15) is 14.0 Å². The SMILES string of the molecule is Cc1cccc(C(=O)NCCn2ncc3c(=O)n(Cc4ccccc4F)cnc32)c1. The fraction of sp³-hybridized carbons (Fsp3) is 0.182. The van der Waals surface area contributed by atoms with Gasteiger partial charge in [0.15, 0.2) is 5.65 Å². The largest absolute Gasteiger partial charge is 0.350 e. The lowest BCUT2D eigenvalue weighted by Gasteiger charge is -2.08. The number of rotatable bonds is 6. The van der Waals surface area contributed by atoms with Crippen LogP contribution in [0.15, 0.2) is 65.8 Å². The standard InChI is InChI=1S/C22H20FN5O2/c1-15-5-4-7-16(11-15)21(29)24-9-10-28-20-18(12-26-28)22(30)27(14-25-20)13-17-6-2-3-8-19(17)23/h2-8,11-12,14H,9-10,13H2,1H3,(H,24,29). The van der Waals surface area contributed by atoms with Crippen molar-refractivity contribution in [2.45, 2.75) is 20.0 Å². The molecule has 2 heterocycles. The topological polar surface area (TPSA) is 81.8 Å². The monoisotopic (exact) mass is 405 g/mol. The molecule has 152 valence electrons. The number of aryl methyl sites for hydroxylation is 1. The second-order valence-corrected chi connectivity index (χ2v) is 7.00. The average molecular weight is 405 g/mol. The van der Waals surface area contributed by atoms with Crippen molar-refractivity contribution >= 4 is 16.9 Å². The first-order valence-electron chi connectivity index (χ1n) is 9.52. The maximum absolute atomic E-state index is 13.9. The van der Waals surface area contributed by atoms with Crippen LogP contribution in [0.25, 0.3) is 11.0 Å². The van der Waals surface area contributed by atoms with Crippen LogP contribution in [-0.4, -0.2) is 31.8 Å². The Bertz CT molecular complexity index is 1280. The lowest BCUT2D eigenvalue weighted by atomic mass is 10.1. The summed E-state index contributed by atoms with van der Waals surface area (Å²) < 4.78 is 16.8. The summed E-state index contributed by atoms with van der Waals surface area (Å²) in [6, 6.07) is 13.6. The first-order chi connectivity index (χ1) is 14.5. The van der Waals surface area contributed by atoms with E-state index in [0.717, 1.165) is 5.56 Å². The van der Waals surface area contributed by atoms with Crippen molar-refractivity contribution in [2.24, 2.45) is 0 Å². The zero-order valence-electron chi connectivity index (χ0n) is 16.4. The molecule has 30 heavy (non-hydrogen) atoms. The molecule has 0 fully saturated rings. The number of hydrogen-bond acceptors (Lipinski definition) is 4. The second-order valence-electron chi connectivity index (χ2n) is 7.00. The van der Waals surface area contributed by atoms with Crippen LogP contribution in [0.3, 0.4) is 0 Å². The van der Waals surface area contributed by atoms with Gasteiger partial charge in [0.25, 0.3) is 11.5 Å². The Hall–Kier alpha value is -3.81. The summed E-state index contributed by atoms with van der Waals surface area (Å²) in [5.74, 6) is -0.542. The molecule has 1 N–H and O–H groups in total. The second kappa shape index (κ2) is 8.28. The van der Waals surface area contributed by atoms with Gasteiger partial charge in [-0.3, -0.25) is 14.2 Å². The summed E-state index contributed by atoms with van der Waals surface area (Å²) in [5.41, 5.74) is 2.14. The number of halogens is 1. The molecule has 4 aromatic rings. The highest BCUT2D eigenvalue weighted by Gasteiger charge is 2.12. The minimum Gasteiger partial charge on any atom is -0.350 e. The van der Waals surface area contributed by atoms with Crippen molar-refractivity contribution in [3.8, 4) is 0 Å². The zero-order chi connectivity index (χ0) is 21.1. The van der Waals surface area contributed by atoms with Crippen LogP contribution in [0.2, 0.25) is 0 Å². The maximum Gasteiger partial charge on any atom is 0.264 e. The third-order valence-electron chi connectivity index (χ3n) is 4.81. The third-order valence-corrected chi connectivity index (χ3v) is 4.81. The van der Waals surface area contributed by atoms with Gasteiger partial charge in [-0.1, -0.05) is 35.9 Å². The molecule has 4 rings (SSSR count). The summed E-state index contributed by atoms with van der Waals surface area (Å²) in [4.78, 5) is 29.3. The molecule has 8 heteroatoms.